The maximum Gasteiger partial charge on any atom is 0.358 e. The van der Waals surface area contributed by atoms with Crippen LogP contribution in [0.5, 0.6) is 0 Å². The standard InChI is InChI=1S/C12H14N2O2/c1-4-16-12(15)11-9(3)14-6-5-8(2)7-10(14)13-11/h5-7H,4H2,1-3H3. The molecular weight excluding hydrogens is 204 g/mol. The Morgan fingerprint density at radius 1 is 1.50 bits per heavy atom. The highest BCUT2D eigenvalue weighted by Crippen LogP contribution is 2.14. The Bertz CT molecular complexity index is 543. The van der Waals surface area contributed by atoms with Gasteiger partial charge in [-0.1, -0.05) is 0 Å². The smallest absolute Gasteiger partial charge is 0.358 e. The number of carbonyl (C=O) groups excluding carboxylic acids is 1. The molecule has 0 aliphatic carbocycles. The van der Waals surface area contributed by atoms with E-state index in [9.17, 15) is 4.79 Å². The van der Waals surface area contributed by atoms with Crippen LogP contribution in [-0.2, 0) is 4.74 Å². The molecule has 16 heavy (non-hydrogen) atoms. The summed E-state index contributed by atoms with van der Waals surface area (Å²) in [4.78, 5) is 15.9. The van der Waals surface area contributed by atoms with Crippen LogP contribution in [0.1, 0.15) is 28.7 Å². The minimum Gasteiger partial charge on any atom is -0.461 e. The van der Waals surface area contributed by atoms with Crippen molar-refractivity contribution < 1.29 is 9.53 Å². The highest BCUT2D eigenvalue weighted by molar-refractivity contribution is 5.89. The van der Waals surface area contributed by atoms with Gasteiger partial charge in [-0.2, -0.15) is 0 Å². The second-order valence-electron chi connectivity index (χ2n) is 3.70. The van der Waals surface area contributed by atoms with E-state index in [2.05, 4.69) is 4.98 Å². The number of imidazole rings is 1. The maximum atomic E-state index is 11.6. The third-order valence-corrected chi connectivity index (χ3v) is 2.49. The van der Waals surface area contributed by atoms with Gasteiger partial charge in [0.25, 0.3) is 0 Å². The molecule has 2 heterocycles. The highest BCUT2D eigenvalue weighted by Gasteiger charge is 2.16. The van der Waals surface area contributed by atoms with Crippen LogP contribution in [0.4, 0.5) is 0 Å². The largest absolute Gasteiger partial charge is 0.461 e. The molecule has 2 aromatic heterocycles. The number of pyridine rings is 1. The van der Waals surface area contributed by atoms with E-state index in [-0.39, 0.29) is 5.97 Å². The Morgan fingerprint density at radius 3 is 2.94 bits per heavy atom. The van der Waals surface area contributed by atoms with Gasteiger partial charge in [-0.15, -0.1) is 0 Å². The molecule has 0 radical (unpaired) electrons. The number of ether oxygens (including phenoxy) is 1. The number of rotatable bonds is 2. The van der Waals surface area contributed by atoms with Crippen molar-refractivity contribution in [2.75, 3.05) is 6.61 Å². The van der Waals surface area contributed by atoms with Crippen molar-refractivity contribution in [2.24, 2.45) is 0 Å². The van der Waals surface area contributed by atoms with Gasteiger partial charge < -0.3 is 9.14 Å². The number of nitrogens with zero attached hydrogens (tertiary/aromatic N) is 2. The van der Waals surface area contributed by atoms with Gasteiger partial charge >= 0.3 is 5.97 Å². The van der Waals surface area contributed by atoms with E-state index in [1.54, 1.807) is 6.92 Å². The molecule has 0 amide bonds. The monoisotopic (exact) mass is 218 g/mol. The third kappa shape index (κ3) is 1.66. The van der Waals surface area contributed by atoms with Crippen LogP contribution in [0, 0.1) is 13.8 Å². The molecule has 0 saturated carbocycles. The second-order valence-corrected chi connectivity index (χ2v) is 3.70. The van der Waals surface area contributed by atoms with Crippen LogP contribution in [-0.4, -0.2) is 22.0 Å². The first-order valence-electron chi connectivity index (χ1n) is 5.26. The van der Waals surface area contributed by atoms with Crippen molar-refractivity contribution in [1.29, 1.82) is 0 Å². The summed E-state index contributed by atoms with van der Waals surface area (Å²) in [6.07, 6.45) is 1.91. The summed E-state index contributed by atoms with van der Waals surface area (Å²) < 4.78 is 6.84. The molecule has 0 aliphatic rings. The van der Waals surface area contributed by atoms with Gasteiger partial charge in [0.05, 0.1) is 12.3 Å². The van der Waals surface area contributed by atoms with Crippen molar-refractivity contribution in [2.45, 2.75) is 20.8 Å². The summed E-state index contributed by atoms with van der Waals surface area (Å²) in [6.45, 7) is 6.01. The summed E-state index contributed by atoms with van der Waals surface area (Å²) in [7, 11) is 0. The Morgan fingerprint density at radius 2 is 2.25 bits per heavy atom. The Labute approximate surface area is 93.9 Å². The number of fused-ring (bicyclic) bond motifs is 1. The van der Waals surface area contributed by atoms with Crippen molar-refractivity contribution >= 4 is 11.6 Å². The van der Waals surface area contributed by atoms with E-state index in [0.717, 1.165) is 16.9 Å². The molecule has 0 saturated heterocycles. The molecule has 0 spiro atoms. The van der Waals surface area contributed by atoms with Crippen LogP contribution in [0.15, 0.2) is 18.3 Å². The Kier molecular flexibility index (Phi) is 2.64. The van der Waals surface area contributed by atoms with E-state index in [1.165, 1.54) is 0 Å². The van der Waals surface area contributed by atoms with Crippen molar-refractivity contribution in [1.82, 2.24) is 9.38 Å². The van der Waals surface area contributed by atoms with Crippen molar-refractivity contribution in [3.05, 3.63) is 35.3 Å². The lowest BCUT2D eigenvalue weighted by atomic mass is 10.3. The van der Waals surface area contributed by atoms with Crippen LogP contribution >= 0.6 is 0 Å². The molecule has 2 aromatic rings. The quantitative estimate of drug-likeness (QED) is 0.725. The molecule has 0 atom stereocenters. The minimum absolute atomic E-state index is 0.360. The zero-order chi connectivity index (χ0) is 11.7. The molecule has 84 valence electrons. The van der Waals surface area contributed by atoms with Crippen LogP contribution < -0.4 is 0 Å². The van der Waals surface area contributed by atoms with Gasteiger partial charge in [-0.05, 0) is 38.5 Å². The molecule has 0 bridgehead atoms. The summed E-state index contributed by atoms with van der Waals surface area (Å²) in [5.41, 5.74) is 3.11. The average Bonchev–Trinajstić information content (AvgIpc) is 2.56. The fraction of sp³-hybridized carbons (Fsp3) is 0.333. The summed E-state index contributed by atoms with van der Waals surface area (Å²) in [5.74, 6) is -0.360. The Hall–Kier alpha value is -1.84. The first-order valence-corrected chi connectivity index (χ1v) is 5.26. The summed E-state index contributed by atoms with van der Waals surface area (Å²) >= 11 is 0. The molecule has 4 heteroatoms. The average molecular weight is 218 g/mol. The van der Waals surface area contributed by atoms with Crippen molar-refractivity contribution in [3.63, 3.8) is 0 Å². The number of aryl methyl sites for hydroxylation is 2. The van der Waals surface area contributed by atoms with Gasteiger partial charge in [0.2, 0.25) is 0 Å². The lowest BCUT2D eigenvalue weighted by molar-refractivity contribution is 0.0519. The molecule has 0 fully saturated rings. The molecule has 0 aliphatic heterocycles. The van der Waals surface area contributed by atoms with E-state index < -0.39 is 0 Å². The number of esters is 1. The van der Waals surface area contributed by atoms with Crippen LogP contribution in [0.25, 0.3) is 5.65 Å². The molecular formula is C12H14N2O2. The van der Waals surface area contributed by atoms with Gasteiger partial charge in [0, 0.05) is 6.20 Å². The Balaban J connectivity index is 2.55. The highest BCUT2D eigenvalue weighted by atomic mass is 16.5. The molecule has 0 unspecified atom stereocenters. The first-order chi connectivity index (χ1) is 7.63. The molecule has 0 N–H and O–H groups in total. The topological polar surface area (TPSA) is 43.6 Å². The van der Waals surface area contributed by atoms with E-state index >= 15 is 0 Å². The predicted octanol–water partition coefficient (Wildman–Crippen LogP) is 2.13. The zero-order valence-corrected chi connectivity index (χ0v) is 9.65. The van der Waals surface area contributed by atoms with Gasteiger partial charge in [0.15, 0.2) is 5.69 Å². The lowest BCUT2D eigenvalue weighted by Crippen LogP contribution is -2.06. The normalized spacial score (nSPS) is 10.7. The SMILES string of the molecule is CCOC(=O)c1nc2cc(C)ccn2c1C. The van der Waals surface area contributed by atoms with E-state index in [0.29, 0.717) is 12.3 Å². The van der Waals surface area contributed by atoms with Gasteiger partial charge in [0.1, 0.15) is 5.65 Å². The summed E-state index contributed by atoms with van der Waals surface area (Å²) in [5, 5.41) is 0. The van der Waals surface area contributed by atoms with E-state index in [1.807, 2.05) is 36.6 Å². The number of hydrogen-bond donors (Lipinski definition) is 0. The predicted molar refractivity (Wildman–Crippen MR) is 60.6 cm³/mol. The van der Waals surface area contributed by atoms with Gasteiger partial charge in [-0.3, -0.25) is 0 Å². The fourth-order valence-electron chi connectivity index (χ4n) is 1.66. The van der Waals surface area contributed by atoms with Crippen molar-refractivity contribution in [3.8, 4) is 0 Å². The third-order valence-electron chi connectivity index (χ3n) is 2.49. The van der Waals surface area contributed by atoms with E-state index in [4.69, 9.17) is 4.74 Å². The second kappa shape index (κ2) is 3.96. The lowest BCUT2D eigenvalue weighted by Gasteiger charge is -1.99. The fourth-order valence-corrected chi connectivity index (χ4v) is 1.66. The first kappa shape index (κ1) is 10.7. The van der Waals surface area contributed by atoms with Crippen LogP contribution in [0.3, 0.4) is 0 Å². The zero-order valence-electron chi connectivity index (χ0n) is 9.65. The number of carbonyl (C=O) groups is 1. The summed E-state index contributed by atoms with van der Waals surface area (Å²) in [6, 6.07) is 3.92. The maximum absolute atomic E-state index is 11.6. The van der Waals surface area contributed by atoms with Gasteiger partial charge in [-0.25, -0.2) is 9.78 Å². The molecule has 0 aromatic carbocycles. The number of aromatic nitrogens is 2. The molecule has 4 nitrogen and oxygen atoms in total. The van der Waals surface area contributed by atoms with Crippen LogP contribution in [0.2, 0.25) is 0 Å². The minimum atomic E-state index is -0.360. The number of hydrogen-bond acceptors (Lipinski definition) is 3. The molecule has 2 rings (SSSR count).